The van der Waals surface area contributed by atoms with E-state index in [0.717, 1.165) is 37.9 Å². The average Bonchev–Trinajstić information content (AvgIpc) is 2.94. The second kappa shape index (κ2) is 9.97. The lowest BCUT2D eigenvalue weighted by molar-refractivity contribution is 0.507. The standard InChI is InChI=1S/C15H30N4O2S/c1-18(2)22(20,21)19-14-17-13-15(19)11-9-7-5-3-4-6-8-10-12-16/h13-14H,3-12,16H2,1-2H3. The highest BCUT2D eigenvalue weighted by molar-refractivity contribution is 7.87. The van der Waals surface area contributed by atoms with Crippen LogP contribution >= 0.6 is 0 Å². The molecule has 6 nitrogen and oxygen atoms in total. The Hall–Kier alpha value is -0.920. The monoisotopic (exact) mass is 330 g/mol. The molecule has 0 aliphatic rings. The van der Waals surface area contributed by atoms with Crippen LogP contribution in [0, 0.1) is 0 Å². The predicted molar refractivity (Wildman–Crippen MR) is 89.9 cm³/mol. The predicted octanol–water partition coefficient (Wildman–Crippen LogP) is 2.16. The summed E-state index contributed by atoms with van der Waals surface area (Å²) >= 11 is 0. The lowest BCUT2D eigenvalue weighted by atomic mass is 10.1. The molecule has 7 heteroatoms. The molecule has 0 amide bonds. The summed E-state index contributed by atoms with van der Waals surface area (Å²) in [6.45, 7) is 0.795. The highest BCUT2D eigenvalue weighted by Crippen LogP contribution is 2.13. The first kappa shape index (κ1) is 19.1. The maximum Gasteiger partial charge on any atom is 0.308 e. The molecule has 1 aromatic heterocycles. The van der Waals surface area contributed by atoms with Crippen LogP contribution in [0.15, 0.2) is 12.5 Å². The zero-order valence-corrected chi connectivity index (χ0v) is 14.7. The van der Waals surface area contributed by atoms with Crippen LogP contribution in [0.25, 0.3) is 0 Å². The van der Waals surface area contributed by atoms with E-state index in [1.807, 2.05) is 0 Å². The van der Waals surface area contributed by atoms with E-state index in [9.17, 15) is 8.42 Å². The average molecular weight is 330 g/mol. The van der Waals surface area contributed by atoms with Gasteiger partial charge in [-0.25, -0.2) is 8.96 Å². The molecule has 0 bridgehead atoms. The van der Waals surface area contributed by atoms with Gasteiger partial charge in [-0.3, -0.25) is 0 Å². The van der Waals surface area contributed by atoms with Crippen LogP contribution in [0.2, 0.25) is 0 Å². The highest BCUT2D eigenvalue weighted by atomic mass is 32.2. The summed E-state index contributed by atoms with van der Waals surface area (Å²) < 4.78 is 26.7. The third-order valence-electron chi connectivity index (χ3n) is 3.78. The Morgan fingerprint density at radius 3 is 2.14 bits per heavy atom. The first-order valence-corrected chi connectivity index (χ1v) is 9.54. The molecule has 2 N–H and O–H groups in total. The van der Waals surface area contributed by atoms with Crippen LogP contribution < -0.4 is 5.73 Å². The summed E-state index contributed by atoms with van der Waals surface area (Å²) in [5, 5.41) is 0. The van der Waals surface area contributed by atoms with Crippen molar-refractivity contribution in [3.05, 3.63) is 18.2 Å². The SMILES string of the molecule is CN(C)S(=O)(=O)n1cncc1CCCCCCCCCCN. The van der Waals surface area contributed by atoms with E-state index in [0.29, 0.717) is 0 Å². The smallest absolute Gasteiger partial charge is 0.308 e. The molecule has 128 valence electrons. The fraction of sp³-hybridized carbons (Fsp3) is 0.800. The topological polar surface area (TPSA) is 81.2 Å². The first-order valence-electron chi connectivity index (χ1n) is 8.14. The maximum atomic E-state index is 12.1. The second-order valence-electron chi connectivity index (χ2n) is 5.84. The van der Waals surface area contributed by atoms with E-state index in [-0.39, 0.29) is 0 Å². The third-order valence-corrected chi connectivity index (χ3v) is 5.52. The van der Waals surface area contributed by atoms with Crippen molar-refractivity contribution in [3.63, 3.8) is 0 Å². The molecule has 0 spiro atoms. The minimum atomic E-state index is -3.45. The molecular weight excluding hydrogens is 300 g/mol. The number of hydrogen-bond donors (Lipinski definition) is 1. The number of imidazole rings is 1. The number of aromatic nitrogens is 2. The van der Waals surface area contributed by atoms with Crippen LogP contribution in [0.5, 0.6) is 0 Å². The van der Waals surface area contributed by atoms with Gasteiger partial charge in [-0.2, -0.15) is 12.7 Å². The normalized spacial score (nSPS) is 12.2. The van der Waals surface area contributed by atoms with Crippen molar-refractivity contribution in [2.24, 2.45) is 5.73 Å². The lowest BCUT2D eigenvalue weighted by Crippen LogP contribution is -2.29. The number of unbranched alkanes of at least 4 members (excludes halogenated alkanes) is 7. The van der Waals surface area contributed by atoms with Crippen LogP contribution in [0.4, 0.5) is 0 Å². The van der Waals surface area contributed by atoms with Gasteiger partial charge in [0.15, 0.2) is 0 Å². The zero-order chi connectivity index (χ0) is 16.4. The number of aryl methyl sites for hydroxylation is 1. The summed E-state index contributed by atoms with van der Waals surface area (Å²) in [6, 6.07) is 0. The summed E-state index contributed by atoms with van der Waals surface area (Å²) in [5.74, 6) is 0. The van der Waals surface area contributed by atoms with Crippen LogP contribution in [0.1, 0.15) is 57.1 Å². The van der Waals surface area contributed by atoms with E-state index in [1.165, 1.54) is 60.8 Å². The van der Waals surface area contributed by atoms with Crippen molar-refractivity contribution < 1.29 is 8.42 Å². The van der Waals surface area contributed by atoms with Crippen molar-refractivity contribution in [2.75, 3.05) is 20.6 Å². The van der Waals surface area contributed by atoms with Crippen molar-refractivity contribution >= 4 is 10.2 Å². The molecule has 1 aromatic rings. The van der Waals surface area contributed by atoms with Gasteiger partial charge in [-0.15, -0.1) is 0 Å². The summed E-state index contributed by atoms with van der Waals surface area (Å²) in [4.78, 5) is 3.97. The van der Waals surface area contributed by atoms with E-state index < -0.39 is 10.2 Å². The molecule has 0 fully saturated rings. The maximum absolute atomic E-state index is 12.1. The Kier molecular flexibility index (Phi) is 8.67. The van der Waals surface area contributed by atoms with Crippen LogP contribution in [0.3, 0.4) is 0 Å². The Labute approximate surface area is 134 Å². The largest absolute Gasteiger partial charge is 0.330 e. The van der Waals surface area contributed by atoms with E-state index in [2.05, 4.69) is 4.98 Å². The Bertz CT molecular complexity index is 511. The lowest BCUT2D eigenvalue weighted by Gasteiger charge is -2.14. The minimum Gasteiger partial charge on any atom is -0.330 e. The Morgan fingerprint density at radius 1 is 1.05 bits per heavy atom. The molecule has 0 atom stereocenters. The van der Waals surface area contributed by atoms with Crippen LogP contribution in [-0.4, -0.2) is 42.3 Å². The number of rotatable bonds is 12. The Balaban J connectivity index is 2.25. The van der Waals surface area contributed by atoms with Crippen molar-refractivity contribution in [1.29, 1.82) is 0 Å². The molecule has 0 radical (unpaired) electrons. The third kappa shape index (κ3) is 6.06. The summed E-state index contributed by atoms with van der Waals surface area (Å²) in [7, 11) is -0.384. The molecule has 0 unspecified atom stereocenters. The first-order chi connectivity index (χ1) is 10.5. The Morgan fingerprint density at radius 2 is 1.59 bits per heavy atom. The van der Waals surface area contributed by atoms with Crippen LogP contribution in [-0.2, 0) is 16.6 Å². The van der Waals surface area contributed by atoms with Gasteiger partial charge in [-0.05, 0) is 25.8 Å². The fourth-order valence-electron chi connectivity index (χ4n) is 2.38. The van der Waals surface area contributed by atoms with Gasteiger partial charge in [0, 0.05) is 20.3 Å². The number of nitrogens with zero attached hydrogens (tertiary/aromatic N) is 3. The van der Waals surface area contributed by atoms with Crippen molar-refractivity contribution in [1.82, 2.24) is 13.3 Å². The number of hydrogen-bond acceptors (Lipinski definition) is 4. The molecule has 1 rings (SSSR count). The fourth-order valence-corrected chi connectivity index (χ4v) is 3.34. The highest BCUT2D eigenvalue weighted by Gasteiger charge is 2.18. The molecule has 1 heterocycles. The molecule has 0 aliphatic carbocycles. The van der Waals surface area contributed by atoms with Gasteiger partial charge < -0.3 is 5.73 Å². The van der Waals surface area contributed by atoms with Gasteiger partial charge in [0.1, 0.15) is 6.33 Å². The summed E-state index contributed by atoms with van der Waals surface area (Å²) in [5.41, 5.74) is 6.22. The second-order valence-corrected chi connectivity index (χ2v) is 7.86. The van der Waals surface area contributed by atoms with E-state index in [4.69, 9.17) is 5.73 Å². The number of nitrogens with two attached hydrogens (primary N) is 1. The summed E-state index contributed by atoms with van der Waals surface area (Å²) in [6.07, 6.45) is 13.3. The van der Waals surface area contributed by atoms with Gasteiger partial charge in [-0.1, -0.05) is 38.5 Å². The molecule has 22 heavy (non-hydrogen) atoms. The minimum absolute atomic E-state index is 0.750. The van der Waals surface area contributed by atoms with Gasteiger partial charge in [0.2, 0.25) is 0 Å². The quantitative estimate of drug-likeness (QED) is 0.595. The van der Waals surface area contributed by atoms with Crippen molar-refractivity contribution in [2.45, 2.75) is 57.8 Å². The van der Waals surface area contributed by atoms with Gasteiger partial charge in [0.05, 0.1) is 5.69 Å². The van der Waals surface area contributed by atoms with E-state index >= 15 is 0 Å². The molecule has 0 saturated carbocycles. The van der Waals surface area contributed by atoms with Gasteiger partial charge >= 0.3 is 10.2 Å². The van der Waals surface area contributed by atoms with E-state index in [1.54, 1.807) is 6.20 Å². The van der Waals surface area contributed by atoms with Gasteiger partial charge in [0.25, 0.3) is 0 Å². The molecule has 0 saturated heterocycles. The molecule has 0 aromatic carbocycles. The van der Waals surface area contributed by atoms with Crippen molar-refractivity contribution in [3.8, 4) is 0 Å². The molecule has 0 aliphatic heterocycles. The zero-order valence-electron chi connectivity index (χ0n) is 13.9. The molecular formula is C15H30N4O2S.